The summed E-state index contributed by atoms with van der Waals surface area (Å²) in [6.07, 6.45) is 0. The quantitative estimate of drug-likeness (QED) is 0.338. The molecule has 0 aliphatic heterocycles. The van der Waals surface area contributed by atoms with Crippen LogP contribution in [0.5, 0.6) is 0 Å². The molecule has 0 aliphatic rings. The van der Waals surface area contributed by atoms with E-state index in [4.69, 9.17) is 16.6 Å². The van der Waals surface area contributed by atoms with E-state index in [0.29, 0.717) is 0 Å². The van der Waals surface area contributed by atoms with Crippen molar-refractivity contribution in [1.82, 2.24) is 0 Å². The normalized spacial score (nSPS) is 8.00. The van der Waals surface area contributed by atoms with Crippen LogP contribution in [0.2, 0.25) is 0 Å². The van der Waals surface area contributed by atoms with Crippen LogP contribution in [0, 0.1) is 10.8 Å². The number of rotatable bonds is 3. The minimum Gasteiger partial charge on any atom is -0.383 e. The smallest absolute Gasteiger partial charge is 0.138 e. The van der Waals surface area contributed by atoms with Crippen molar-refractivity contribution in [2.45, 2.75) is 0 Å². The monoisotopic (exact) mass is 112 g/mol. The van der Waals surface area contributed by atoms with Gasteiger partial charge in [-0.05, 0) is 6.72 Å². The first kappa shape index (κ1) is 6.81. The van der Waals surface area contributed by atoms with Gasteiger partial charge in [0.25, 0.3) is 0 Å². The molecule has 0 heterocycles. The Morgan fingerprint density at radius 2 is 2.12 bits per heavy atom. The molecule has 0 radical (unpaired) electrons. The van der Waals surface area contributed by atoms with Gasteiger partial charge in [-0.3, -0.25) is 15.8 Å². The molecule has 0 unspecified atom stereocenters. The SMILES string of the molecule is C=NCC(=N)C(=N)N. The minimum atomic E-state index is -0.239. The minimum absolute atomic E-state index is 0.0139. The van der Waals surface area contributed by atoms with Gasteiger partial charge < -0.3 is 5.73 Å². The highest BCUT2D eigenvalue weighted by atomic mass is 14.8. The highest BCUT2D eigenvalue weighted by Gasteiger charge is 1.94. The highest BCUT2D eigenvalue weighted by molar-refractivity contribution is 6.39. The van der Waals surface area contributed by atoms with E-state index in [1.807, 2.05) is 0 Å². The molecule has 4 N–H and O–H groups in total. The molecule has 0 aromatic rings. The number of nitrogens with two attached hydrogens (primary N) is 1. The molecule has 0 aromatic heterocycles. The second-order valence-electron chi connectivity index (χ2n) is 1.27. The average molecular weight is 112 g/mol. The molecule has 0 fully saturated rings. The van der Waals surface area contributed by atoms with E-state index in [1.54, 1.807) is 0 Å². The van der Waals surface area contributed by atoms with Crippen LogP contribution in [0.15, 0.2) is 4.99 Å². The van der Waals surface area contributed by atoms with E-state index >= 15 is 0 Å². The first-order chi connectivity index (χ1) is 3.68. The molecule has 44 valence electrons. The molecular weight excluding hydrogens is 104 g/mol. The molecule has 0 bridgehead atoms. The Morgan fingerprint density at radius 3 is 2.25 bits per heavy atom. The Kier molecular flexibility index (Phi) is 2.47. The summed E-state index contributed by atoms with van der Waals surface area (Å²) in [5.74, 6) is -0.239. The second kappa shape index (κ2) is 2.90. The van der Waals surface area contributed by atoms with E-state index in [2.05, 4.69) is 11.7 Å². The van der Waals surface area contributed by atoms with Crippen LogP contribution in [-0.4, -0.2) is 24.8 Å². The number of aliphatic imine (C=N–C) groups is 1. The molecule has 0 aliphatic carbocycles. The fourth-order valence-electron chi connectivity index (χ4n) is 0.197. The van der Waals surface area contributed by atoms with E-state index in [9.17, 15) is 0 Å². The molecule has 4 nitrogen and oxygen atoms in total. The summed E-state index contributed by atoms with van der Waals surface area (Å²) in [6, 6.07) is 0. The standard InChI is InChI=1S/C4H8N4/c1-8-2-3(5)4(6)7/h5H,1-2H2,(H3,6,7). The van der Waals surface area contributed by atoms with Crippen LogP contribution in [0.25, 0.3) is 0 Å². The molecule has 0 saturated carbocycles. The van der Waals surface area contributed by atoms with Crippen molar-refractivity contribution in [1.29, 1.82) is 10.8 Å². The fraction of sp³-hybridized carbons (Fsp3) is 0.250. The van der Waals surface area contributed by atoms with Gasteiger partial charge in [-0.2, -0.15) is 0 Å². The van der Waals surface area contributed by atoms with E-state index in [1.165, 1.54) is 0 Å². The molecule has 4 heteroatoms. The zero-order valence-electron chi connectivity index (χ0n) is 4.44. The van der Waals surface area contributed by atoms with Crippen molar-refractivity contribution in [2.75, 3.05) is 6.54 Å². The second-order valence-corrected chi connectivity index (χ2v) is 1.27. The number of nitrogens with one attached hydrogen (secondary N) is 2. The van der Waals surface area contributed by atoms with Gasteiger partial charge in [0, 0.05) is 0 Å². The van der Waals surface area contributed by atoms with Gasteiger partial charge in [-0.15, -0.1) is 0 Å². The predicted molar refractivity (Wildman–Crippen MR) is 34.1 cm³/mol. The lowest BCUT2D eigenvalue weighted by Gasteiger charge is -1.92. The lowest BCUT2D eigenvalue weighted by molar-refractivity contribution is 1.28. The lowest BCUT2D eigenvalue weighted by atomic mass is 10.3. The molecular formula is C4H8N4. The van der Waals surface area contributed by atoms with Gasteiger partial charge in [0.1, 0.15) is 5.84 Å². The van der Waals surface area contributed by atoms with Crippen molar-refractivity contribution >= 4 is 18.3 Å². The topological polar surface area (TPSA) is 86.1 Å². The fourth-order valence-corrected chi connectivity index (χ4v) is 0.197. The Hall–Kier alpha value is -1.19. The summed E-state index contributed by atoms with van der Waals surface area (Å²) in [7, 11) is 0. The van der Waals surface area contributed by atoms with Gasteiger partial charge in [-0.25, -0.2) is 0 Å². The van der Waals surface area contributed by atoms with Crippen molar-refractivity contribution in [3.63, 3.8) is 0 Å². The molecule has 0 spiro atoms. The number of hydrogen-bond donors (Lipinski definition) is 3. The molecule has 0 saturated heterocycles. The average Bonchev–Trinajstić information content (AvgIpc) is 1.67. The summed E-state index contributed by atoms with van der Waals surface area (Å²) in [4.78, 5) is 3.36. The molecule has 8 heavy (non-hydrogen) atoms. The highest BCUT2D eigenvalue weighted by Crippen LogP contribution is 1.70. The Bertz CT molecular complexity index is 126. The first-order valence-corrected chi connectivity index (χ1v) is 2.02. The maximum atomic E-state index is 6.86. The van der Waals surface area contributed by atoms with Crippen molar-refractivity contribution < 1.29 is 0 Å². The predicted octanol–water partition coefficient (Wildman–Crippen LogP) is -0.357. The zero-order valence-corrected chi connectivity index (χ0v) is 4.44. The maximum Gasteiger partial charge on any atom is 0.138 e. The van der Waals surface area contributed by atoms with Crippen LogP contribution in [0.4, 0.5) is 0 Å². The Labute approximate surface area is 47.4 Å². The molecule has 0 amide bonds. The van der Waals surface area contributed by atoms with Crippen LogP contribution in [0.1, 0.15) is 0 Å². The van der Waals surface area contributed by atoms with Gasteiger partial charge in [0.15, 0.2) is 0 Å². The van der Waals surface area contributed by atoms with Crippen LogP contribution in [-0.2, 0) is 0 Å². The van der Waals surface area contributed by atoms with Crippen molar-refractivity contribution in [2.24, 2.45) is 10.7 Å². The van der Waals surface area contributed by atoms with Gasteiger partial charge >= 0.3 is 0 Å². The number of amidine groups is 1. The summed E-state index contributed by atoms with van der Waals surface area (Å²) in [6.45, 7) is 3.27. The third-order valence-corrected chi connectivity index (χ3v) is 0.595. The van der Waals surface area contributed by atoms with E-state index in [-0.39, 0.29) is 18.1 Å². The maximum absolute atomic E-state index is 6.86. The molecule has 0 atom stereocenters. The first-order valence-electron chi connectivity index (χ1n) is 2.02. The van der Waals surface area contributed by atoms with Gasteiger partial charge in [0.05, 0.1) is 12.3 Å². The molecule has 0 aromatic carbocycles. The Balaban J connectivity index is 3.65. The van der Waals surface area contributed by atoms with E-state index in [0.717, 1.165) is 0 Å². The van der Waals surface area contributed by atoms with Gasteiger partial charge in [-0.1, -0.05) is 0 Å². The van der Waals surface area contributed by atoms with Crippen LogP contribution >= 0.6 is 0 Å². The number of nitrogens with zero attached hydrogens (tertiary/aromatic N) is 1. The van der Waals surface area contributed by atoms with Crippen LogP contribution < -0.4 is 5.73 Å². The van der Waals surface area contributed by atoms with Gasteiger partial charge in [0.2, 0.25) is 0 Å². The lowest BCUT2D eigenvalue weighted by Crippen LogP contribution is -2.23. The summed E-state index contributed by atoms with van der Waals surface area (Å²) in [5.41, 5.74) is 4.91. The zero-order chi connectivity index (χ0) is 6.57. The summed E-state index contributed by atoms with van der Waals surface area (Å²) >= 11 is 0. The summed E-state index contributed by atoms with van der Waals surface area (Å²) < 4.78 is 0. The number of hydrogen-bond acceptors (Lipinski definition) is 3. The van der Waals surface area contributed by atoms with E-state index < -0.39 is 0 Å². The van der Waals surface area contributed by atoms with Crippen molar-refractivity contribution in [3.05, 3.63) is 0 Å². The third kappa shape index (κ3) is 2.07. The molecule has 0 rings (SSSR count). The Morgan fingerprint density at radius 1 is 1.62 bits per heavy atom. The third-order valence-electron chi connectivity index (χ3n) is 0.595. The van der Waals surface area contributed by atoms with Crippen molar-refractivity contribution in [3.8, 4) is 0 Å². The largest absolute Gasteiger partial charge is 0.383 e. The van der Waals surface area contributed by atoms with Crippen LogP contribution in [0.3, 0.4) is 0 Å². The summed E-state index contributed by atoms with van der Waals surface area (Å²) in [5, 5.41) is 13.5.